The molecule has 0 bridgehead atoms. The second-order valence-corrected chi connectivity index (χ2v) is 1.34. The summed E-state index contributed by atoms with van der Waals surface area (Å²) in [4.78, 5) is 24.5. The molecular formula is C6H6N2O3. The monoisotopic (exact) mass is 154 g/mol. The number of rotatable bonds is 3. The first-order valence-corrected chi connectivity index (χ1v) is 2.61. The molecule has 58 valence electrons. The van der Waals surface area contributed by atoms with Crippen molar-refractivity contribution in [1.29, 1.82) is 0 Å². The quantitative estimate of drug-likeness (QED) is 0.343. The van der Waals surface area contributed by atoms with E-state index in [-0.39, 0.29) is 0 Å². The van der Waals surface area contributed by atoms with Gasteiger partial charge in [-0.1, -0.05) is 18.3 Å². The highest BCUT2D eigenvalue weighted by Gasteiger charge is 1.92. The maximum absolute atomic E-state index is 10.3. The molecule has 0 atom stereocenters. The van der Waals surface area contributed by atoms with Crippen LogP contribution in [0.2, 0.25) is 0 Å². The van der Waals surface area contributed by atoms with Gasteiger partial charge in [-0.3, -0.25) is 9.63 Å². The molecule has 1 amide bonds. The third-order valence-electron chi connectivity index (χ3n) is 0.611. The van der Waals surface area contributed by atoms with Crippen molar-refractivity contribution in [2.45, 2.75) is 0 Å². The lowest BCUT2D eigenvalue weighted by molar-refractivity contribution is -0.139. The number of hydrogen-bond donors (Lipinski definition) is 0. The van der Waals surface area contributed by atoms with Crippen LogP contribution in [0.15, 0.2) is 35.7 Å². The Hall–Kier alpha value is -1.78. The summed E-state index contributed by atoms with van der Waals surface area (Å²) in [5.41, 5.74) is 0. The molecule has 0 spiro atoms. The number of amides is 1. The van der Waals surface area contributed by atoms with Gasteiger partial charge in [-0.2, -0.15) is 0 Å². The minimum atomic E-state index is -0.773. The lowest BCUT2D eigenvalue weighted by Gasteiger charge is -1.84. The predicted octanol–water partition coefficient (Wildman–Crippen LogP) is 0.795. The van der Waals surface area contributed by atoms with Crippen LogP contribution >= 0.6 is 0 Å². The molecule has 0 heterocycles. The van der Waals surface area contributed by atoms with E-state index in [4.69, 9.17) is 0 Å². The number of carbonyl (C=O) groups excluding carboxylic acids is 2. The molecule has 0 fully saturated rings. The molecule has 5 nitrogen and oxygen atoms in total. The lowest BCUT2D eigenvalue weighted by Crippen LogP contribution is -1.93. The van der Waals surface area contributed by atoms with Gasteiger partial charge >= 0.3 is 5.97 Å². The minimum absolute atomic E-state index is 0.679. The standard InChI is InChI=1S/C6H6N2O3/c1-3-5(9)7-8-11-6(10)4-2/h3-4H,1-2H2. The Bertz CT molecular complexity index is 220. The van der Waals surface area contributed by atoms with Crippen molar-refractivity contribution in [2.24, 2.45) is 10.4 Å². The second kappa shape index (κ2) is 5.04. The largest absolute Gasteiger partial charge is 0.359 e. The first kappa shape index (κ1) is 9.22. The molecule has 0 rings (SSSR count). The molecule has 0 aliphatic carbocycles. The van der Waals surface area contributed by atoms with E-state index in [9.17, 15) is 9.59 Å². The summed E-state index contributed by atoms with van der Waals surface area (Å²) in [6, 6.07) is 0. The molecule has 11 heavy (non-hydrogen) atoms. The fourth-order valence-electron chi connectivity index (χ4n) is 0.179. The van der Waals surface area contributed by atoms with Crippen LogP contribution < -0.4 is 0 Å². The van der Waals surface area contributed by atoms with Gasteiger partial charge in [0, 0.05) is 11.4 Å². The minimum Gasteiger partial charge on any atom is -0.295 e. The van der Waals surface area contributed by atoms with Gasteiger partial charge < -0.3 is 0 Å². The highest BCUT2D eigenvalue weighted by atomic mass is 16.7. The van der Waals surface area contributed by atoms with Gasteiger partial charge in [0.1, 0.15) is 0 Å². The Morgan fingerprint density at radius 2 is 1.91 bits per heavy atom. The maximum Gasteiger partial charge on any atom is 0.359 e. The first-order valence-electron chi connectivity index (χ1n) is 2.61. The van der Waals surface area contributed by atoms with Crippen molar-refractivity contribution in [3.8, 4) is 0 Å². The average Bonchev–Trinajstić information content (AvgIpc) is 2.04. The summed E-state index contributed by atoms with van der Waals surface area (Å²) >= 11 is 0. The van der Waals surface area contributed by atoms with Crippen molar-refractivity contribution < 1.29 is 14.4 Å². The van der Waals surface area contributed by atoms with Crippen molar-refractivity contribution in [1.82, 2.24) is 0 Å². The predicted molar refractivity (Wildman–Crippen MR) is 36.3 cm³/mol. The van der Waals surface area contributed by atoms with Crippen molar-refractivity contribution in [3.05, 3.63) is 25.3 Å². The lowest BCUT2D eigenvalue weighted by atomic mass is 10.6. The molecule has 5 heteroatoms. The van der Waals surface area contributed by atoms with Gasteiger partial charge in [0.2, 0.25) is 0 Å². The van der Waals surface area contributed by atoms with E-state index in [1.54, 1.807) is 0 Å². The van der Waals surface area contributed by atoms with Crippen LogP contribution in [0.5, 0.6) is 0 Å². The summed E-state index contributed by atoms with van der Waals surface area (Å²) in [6.45, 7) is 6.21. The summed E-state index contributed by atoms with van der Waals surface area (Å²) in [6.07, 6.45) is 1.84. The molecule has 0 N–H and O–H groups in total. The van der Waals surface area contributed by atoms with Crippen LogP contribution in [0.1, 0.15) is 0 Å². The molecule has 0 aliphatic heterocycles. The Kier molecular flexibility index (Phi) is 4.22. The third kappa shape index (κ3) is 4.71. The molecule has 0 aromatic carbocycles. The summed E-state index contributed by atoms with van der Waals surface area (Å²) in [5.74, 6) is -1.45. The number of hydrogen-bond acceptors (Lipinski definition) is 4. The molecule has 0 radical (unpaired) electrons. The SMILES string of the molecule is C=CC(=O)N=NOC(=O)C=C. The van der Waals surface area contributed by atoms with Gasteiger partial charge in [-0.15, -0.1) is 0 Å². The smallest absolute Gasteiger partial charge is 0.295 e. The first-order chi connectivity index (χ1) is 5.20. The highest BCUT2D eigenvalue weighted by Crippen LogP contribution is 1.84. The van der Waals surface area contributed by atoms with Crippen LogP contribution in [-0.4, -0.2) is 11.9 Å². The zero-order valence-electron chi connectivity index (χ0n) is 5.69. The Morgan fingerprint density at radius 3 is 2.36 bits per heavy atom. The molecule has 0 aliphatic rings. The normalized spacial score (nSPS) is 9.09. The summed E-state index contributed by atoms with van der Waals surface area (Å²) in [5, 5.41) is 5.70. The summed E-state index contributed by atoms with van der Waals surface area (Å²) in [7, 11) is 0. The van der Waals surface area contributed by atoms with Crippen LogP contribution in [0.4, 0.5) is 0 Å². The van der Waals surface area contributed by atoms with Gasteiger partial charge in [-0.05, 0) is 6.08 Å². The molecule has 0 unspecified atom stereocenters. The molecule has 0 saturated carbocycles. The zero-order valence-corrected chi connectivity index (χ0v) is 5.69. The number of nitrogens with zero attached hydrogens (tertiary/aromatic N) is 2. The molecule has 0 saturated heterocycles. The van der Waals surface area contributed by atoms with E-state index >= 15 is 0 Å². The van der Waals surface area contributed by atoms with E-state index in [2.05, 4.69) is 28.4 Å². The van der Waals surface area contributed by atoms with E-state index in [1.165, 1.54) is 0 Å². The summed E-state index contributed by atoms with van der Waals surface area (Å²) < 4.78 is 0. The Balaban J connectivity index is 3.77. The van der Waals surface area contributed by atoms with Crippen molar-refractivity contribution in [3.63, 3.8) is 0 Å². The van der Waals surface area contributed by atoms with E-state index in [1.807, 2.05) is 0 Å². The fraction of sp³-hybridized carbons (Fsp3) is 0. The second-order valence-electron chi connectivity index (χ2n) is 1.34. The van der Waals surface area contributed by atoms with Gasteiger partial charge in [0.15, 0.2) is 0 Å². The Labute approximate surface area is 63.0 Å². The Morgan fingerprint density at radius 1 is 1.27 bits per heavy atom. The maximum atomic E-state index is 10.3. The van der Waals surface area contributed by atoms with Crippen molar-refractivity contribution in [2.75, 3.05) is 0 Å². The topological polar surface area (TPSA) is 68.1 Å². The van der Waals surface area contributed by atoms with Gasteiger partial charge in [-0.25, -0.2) is 4.79 Å². The van der Waals surface area contributed by atoms with Gasteiger partial charge in [0.25, 0.3) is 5.91 Å². The molecule has 0 aromatic heterocycles. The average molecular weight is 154 g/mol. The van der Waals surface area contributed by atoms with Gasteiger partial charge in [0.05, 0.1) is 0 Å². The van der Waals surface area contributed by atoms with Crippen LogP contribution in [0.25, 0.3) is 0 Å². The highest BCUT2D eigenvalue weighted by molar-refractivity contribution is 5.87. The molecule has 0 aromatic rings. The fourth-order valence-corrected chi connectivity index (χ4v) is 0.179. The van der Waals surface area contributed by atoms with Crippen LogP contribution in [-0.2, 0) is 14.4 Å². The third-order valence-corrected chi connectivity index (χ3v) is 0.611. The van der Waals surface area contributed by atoms with E-state index in [0.29, 0.717) is 0 Å². The van der Waals surface area contributed by atoms with E-state index in [0.717, 1.165) is 12.2 Å². The van der Waals surface area contributed by atoms with Crippen LogP contribution in [0.3, 0.4) is 0 Å². The van der Waals surface area contributed by atoms with Crippen molar-refractivity contribution >= 4 is 11.9 Å². The van der Waals surface area contributed by atoms with E-state index < -0.39 is 11.9 Å². The zero-order chi connectivity index (χ0) is 8.69. The number of carbonyl (C=O) groups is 2. The molecular weight excluding hydrogens is 148 g/mol. The van der Waals surface area contributed by atoms with Crippen LogP contribution in [0, 0.1) is 0 Å².